The lowest BCUT2D eigenvalue weighted by Crippen LogP contribution is -2.45. The summed E-state index contributed by atoms with van der Waals surface area (Å²) in [6.45, 7) is 4.10. The fourth-order valence-electron chi connectivity index (χ4n) is 3.71. The standard InChI is InChI=1S/C23H31N3O2S/c1-2-3-4-8-13-24-22(27)19-12-9-14-26(16-19)23(28)20-17-29-21(25-20)15-18-10-6-5-7-11-18/h5-7,10-11,17,19H,2-4,8-9,12-16H2,1H3,(H,24,27). The first-order valence-corrected chi connectivity index (χ1v) is 11.6. The SMILES string of the molecule is CCCCCCNC(=O)C1CCCN(C(=O)c2csc(Cc3ccccc3)n2)C1. The summed E-state index contributed by atoms with van der Waals surface area (Å²) in [6, 6.07) is 10.2. The molecule has 0 spiro atoms. The van der Waals surface area contributed by atoms with E-state index in [4.69, 9.17) is 0 Å². The van der Waals surface area contributed by atoms with Crippen molar-refractivity contribution in [3.8, 4) is 0 Å². The van der Waals surface area contributed by atoms with E-state index >= 15 is 0 Å². The third kappa shape index (κ3) is 6.39. The number of carbonyl (C=O) groups excluding carboxylic acids is 2. The van der Waals surface area contributed by atoms with Gasteiger partial charge in [0, 0.05) is 31.4 Å². The largest absolute Gasteiger partial charge is 0.356 e. The van der Waals surface area contributed by atoms with Crippen LogP contribution in [0.25, 0.3) is 0 Å². The van der Waals surface area contributed by atoms with E-state index in [1.807, 2.05) is 23.6 Å². The van der Waals surface area contributed by atoms with Gasteiger partial charge in [-0.15, -0.1) is 11.3 Å². The first kappa shape index (κ1) is 21.5. The molecule has 2 heterocycles. The Morgan fingerprint density at radius 1 is 1.21 bits per heavy atom. The highest BCUT2D eigenvalue weighted by Crippen LogP contribution is 2.21. The van der Waals surface area contributed by atoms with Gasteiger partial charge in [0.2, 0.25) is 5.91 Å². The van der Waals surface area contributed by atoms with Crippen molar-refractivity contribution in [2.75, 3.05) is 19.6 Å². The average molecular weight is 414 g/mol. The molecule has 0 aliphatic carbocycles. The van der Waals surface area contributed by atoms with Gasteiger partial charge in [-0.05, 0) is 24.8 Å². The monoisotopic (exact) mass is 413 g/mol. The number of likely N-dealkylation sites (tertiary alicyclic amines) is 1. The predicted octanol–water partition coefficient (Wildman–Crippen LogP) is 4.28. The molecular formula is C23H31N3O2S. The van der Waals surface area contributed by atoms with E-state index in [2.05, 4.69) is 29.4 Å². The van der Waals surface area contributed by atoms with E-state index in [1.54, 1.807) is 4.90 Å². The van der Waals surface area contributed by atoms with Crippen molar-refractivity contribution in [2.24, 2.45) is 5.92 Å². The summed E-state index contributed by atoms with van der Waals surface area (Å²) in [5.74, 6) is -0.0793. The number of hydrogen-bond acceptors (Lipinski definition) is 4. The molecule has 1 atom stereocenters. The van der Waals surface area contributed by atoms with Crippen molar-refractivity contribution in [2.45, 2.75) is 51.9 Å². The minimum absolute atomic E-state index is 0.0546. The quantitative estimate of drug-likeness (QED) is 0.624. The molecule has 3 rings (SSSR count). The molecule has 1 aromatic carbocycles. The summed E-state index contributed by atoms with van der Waals surface area (Å²) in [4.78, 5) is 31.7. The van der Waals surface area contributed by atoms with E-state index in [-0.39, 0.29) is 17.7 Å². The molecule has 1 fully saturated rings. The van der Waals surface area contributed by atoms with Crippen molar-refractivity contribution in [3.63, 3.8) is 0 Å². The number of hydrogen-bond donors (Lipinski definition) is 1. The van der Waals surface area contributed by atoms with Gasteiger partial charge in [-0.1, -0.05) is 56.5 Å². The molecule has 156 valence electrons. The topological polar surface area (TPSA) is 62.3 Å². The number of nitrogens with one attached hydrogen (secondary N) is 1. The Morgan fingerprint density at radius 3 is 2.83 bits per heavy atom. The number of benzene rings is 1. The molecule has 1 unspecified atom stereocenters. The van der Waals surface area contributed by atoms with Crippen LogP contribution in [0.1, 0.15) is 66.5 Å². The number of aromatic nitrogens is 1. The second-order valence-corrected chi connectivity index (χ2v) is 8.67. The molecule has 6 heteroatoms. The molecule has 1 saturated heterocycles. The third-order valence-corrected chi connectivity index (χ3v) is 6.23. The van der Waals surface area contributed by atoms with E-state index < -0.39 is 0 Å². The summed E-state index contributed by atoms with van der Waals surface area (Å²) < 4.78 is 0. The predicted molar refractivity (Wildman–Crippen MR) is 117 cm³/mol. The van der Waals surface area contributed by atoms with Crippen LogP contribution in [0.2, 0.25) is 0 Å². The number of unbranched alkanes of at least 4 members (excludes halogenated alkanes) is 3. The molecule has 0 radical (unpaired) electrons. The van der Waals surface area contributed by atoms with Crippen LogP contribution in [-0.4, -0.2) is 41.3 Å². The molecule has 2 aromatic rings. The van der Waals surface area contributed by atoms with Gasteiger partial charge in [-0.3, -0.25) is 9.59 Å². The highest BCUT2D eigenvalue weighted by Gasteiger charge is 2.29. The highest BCUT2D eigenvalue weighted by atomic mass is 32.1. The fourth-order valence-corrected chi connectivity index (χ4v) is 4.51. The van der Waals surface area contributed by atoms with Crippen LogP contribution >= 0.6 is 11.3 Å². The highest BCUT2D eigenvalue weighted by molar-refractivity contribution is 7.09. The van der Waals surface area contributed by atoms with Crippen molar-refractivity contribution in [1.29, 1.82) is 0 Å². The van der Waals surface area contributed by atoms with Crippen molar-refractivity contribution < 1.29 is 9.59 Å². The fraction of sp³-hybridized carbons (Fsp3) is 0.522. The van der Waals surface area contributed by atoms with E-state index in [1.165, 1.54) is 29.7 Å². The zero-order chi connectivity index (χ0) is 20.5. The third-order valence-electron chi connectivity index (χ3n) is 5.38. The van der Waals surface area contributed by atoms with Gasteiger partial charge in [0.15, 0.2) is 0 Å². The molecule has 0 saturated carbocycles. The lowest BCUT2D eigenvalue weighted by atomic mass is 9.97. The lowest BCUT2D eigenvalue weighted by Gasteiger charge is -2.31. The van der Waals surface area contributed by atoms with Gasteiger partial charge in [0.05, 0.1) is 10.9 Å². The Labute approximate surface area is 177 Å². The number of nitrogens with zero attached hydrogens (tertiary/aromatic N) is 2. The average Bonchev–Trinajstić information content (AvgIpc) is 3.22. The Morgan fingerprint density at radius 2 is 2.03 bits per heavy atom. The molecule has 1 aromatic heterocycles. The summed E-state index contributed by atoms with van der Waals surface area (Å²) in [5, 5.41) is 5.84. The summed E-state index contributed by atoms with van der Waals surface area (Å²) >= 11 is 1.52. The Balaban J connectivity index is 1.51. The van der Waals surface area contributed by atoms with Crippen molar-refractivity contribution >= 4 is 23.2 Å². The van der Waals surface area contributed by atoms with Gasteiger partial charge >= 0.3 is 0 Å². The first-order valence-electron chi connectivity index (χ1n) is 10.7. The smallest absolute Gasteiger partial charge is 0.273 e. The molecule has 0 bridgehead atoms. The van der Waals surface area contributed by atoms with Crippen LogP contribution in [0.4, 0.5) is 0 Å². The van der Waals surface area contributed by atoms with E-state index in [0.29, 0.717) is 18.8 Å². The van der Waals surface area contributed by atoms with Crippen LogP contribution in [0.5, 0.6) is 0 Å². The van der Waals surface area contributed by atoms with E-state index in [9.17, 15) is 9.59 Å². The minimum atomic E-state index is -0.110. The summed E-state index contributed by atoms with van der Waals surface area (Å²) in [7, 11) is 0. The normalized spacial score (nSPS) is 16.6. The molecule has 5 nitrogen and oxygen atoms in total. The van der Waals surface area contributed by atoms with Crippen molar-refractivity contribution in [3.05, 3.63) is 52.0 Å². The zero-order valence-corrected chi connectivity index (χ0v) is 18.0. The number of thiazole rings is 1. The second kappa shape index (κ2) is 11.1. The number of carbonyl (C=O) groups is 2. The molecular weight excluding hydrogens is 382 g/mol. The van der Waals surface area contributed by atoms with Gasteiger partial charge in [0.25, 0.3) is 5.91 Å². The zero-order valence-electron chi connectivity index (χ0n) is 17.2. The van der Waals surface area contributed by atoms with Crippen molar-refractivity contribution in [1.82, 2.24) is 15.2 Å². The maximum atomic E-state index is 12.9. The van der Waals surface area contributed by atoms with Crippen LogP contribution in [-0.2, 0) is 11.2 Å². The van der Waals surface area contributed by atoms with Crippen LogP contribution in [0.15, 0.2) is 35.7 Å². The maximum absolute atomic E-state index is 12.9. The minimum Gasteiger partial charge on any atom is -0.356 e. The molecule has 2 amide bonds. The number of rotatable bonds is 9. The Kier molecular flexibility index (Phi) is 8.23. The summed E-state index contributed by atoms with van der Waals surface area (Å²) in [5.41, 5.74) is 1.69. The number of amides is 2. The maximum Gasteiger partial charge on any atom is 0.273 e. The van der Waals surface area contributed by atoms with Crippen LogP contribution in [0, 0.1) is 5.92 Å². The van der Waals surface area contributed by atoms with Gasteiger partial charge in [0.1, 0.15) is 5.69 Å². The molecule has 1 aliphatic rings. The second-order valence-electron chi connectivity index (χ2n) is 7.73. The Hall–Kier alpha value is -2.21. The summed E-state index contributed by atoms with van der Waals surface area (Å²) in [6.07, 6.45) is 7.03. The van der Waals surface area contributed by atoms with Gasteiger partial charge in [-0.2, -0.15) is 0 Å². The van der Waals surface area contributed by atoms with Crippen LogP contribution < -0.4 is 5.32 Å². The first-order chi connectivity index (χ1) is 14.2. The molecule has 1 N–H and O–H groups in total. The number of piperidine rings is 1. The molecule has 1 aliphatic heterocycles. The van der Waals surface area contributed by atoms with E-state index in [0.717, 1.165) is 43.7 Å². The van der Waals surface area contributed by atoms with Crippen LogP contribution in [0.3, 0.4) is 0 Å². The molecule has 29 heavy (non-hydrogen) atoms. The van der Waals surface area contributed by atoms with Gasteiger partial charge < -0.3 is 10.2 Å². The lowest BCUT2D eigenvalue weighted by molar-refractivity contribution is -0.126. The Bertz CT molecular complexity index is 790. The van der Waals surface area contributed by atoms with Gasteiger partial charge in [-0.25, -0.2) is 4.98 Å².